The number of nitrogens with two attached hydrogens (primary N) is 1. The van der Waals surface area contributed by atoms with E-state index in [0.29, 0.717) is 25.5 Å². The van der Waals surface area contributed by atoms with E-state index in [1.165, 1.54) is 0 Å². The van der Waals surface area contributed by atoms with Crippen LogP contribution in [0.3, 0.4) is 0 Å². The fourth-order valence-electron chi connectivity index (χ4n) is 3.55. The van der Waals surface area contributed by atoms with Crippen molar-refractivity contribution in [3.8, 4) is 11.5 Å². The maximum atomic E-state index is 11.9. The first-order valence-corrected chi connectivity index (χ1v) is 9.41. The molecule has 1 atom stereocenters. The number of primary amides is 1. The Morgan fingerprint density at radius 2 is 1.59 bits per heavy atom. The molecule has 2 aromatic heterocycles. The molecule has 3 heterocycles. The average molecular weight is 390 g/mol. The molecule has 0 bridgehead atoms. The van der Waals surface area contributed by atoms with Crippen LogP contribution in [0.25, 0.3) is 0 Å². The molecule has 0 saturated carbocycles. The van der Waals surface area contributed by atoms with Crippen molar-refractivity contribution in [2.75, 3.05) is 19.8 Å². The highest BCUT2D eigenvalue weighted by molar-refractivity contribution is 5.76. The third kappa shape index (κ3) is 4.52. The lowest BCUT2D eigenvalue weighted by Crippen LogP contribution is -2.37. The van der Waals surface area contributed by atoms with Crippen molar-refractivity contribution >= 4 is 5.91 Å². The number of amides is 1. The van der Waals surface area contributed by atoms with Crippen LogP contribution in [0.2, 0.25) is 0 Å². The number of fused-ring (bicyclic) bond motifs is 1. The van der Waals surface area contributed by atoms with Crippen LogP contribution in [-0.2, 0) is 11.3 Å². The molecule has 0 spiro atoms. The fourth-order valence-corrected chi connectivity index (χ4v) is 3.55. The molecule has 0 saturated heterocycles. The minimum atomic E-state index is -0.393. The maximum absolute atomic E-state index is 11.9. The minimum Gasteiger partial charge on any atom is -0.486 e. The first-order valence-electron chi connectivity index (χ1n) is 9.41. The molecular formula is C22H22N4O3. The third-order valence-corrected chi connectivity index (χ3v) is 4.76. The standard InChI is InChI=1S/C22H22N4O3/c23-21(27)15-26(14-16-3-7-24-8-4-16)22(17-5-9-25-10-6-17)18-1-2-19-20(13-18)29-12-11-28-19/h1-10,13,22H,11-12,14-15H2,(H2,23,27). The lowest BCUT2D eigenvalue weighted by molar-refractivity contribution is -0.119. The summed E-state index contributed by atoms with van der Waals surface area (Å²) in [7, 11) is 0. The molecule has 1 unspecified atom stereocenters. The Balaban J connectivity index is 1.76. The largest absolute Gasteiger partial charge is 0.486 e. The monoisotopic (exact) mass is 390 g/mol. The molecule has 29 heavy (non-hydrogen) atoms. The molecule has 148 valence electrons. The van der Waals surface area contributed by atoms with E-state index in [9.17, 15) is 4.79 Å². The molecule has 0 fully saturated rings. The number of aromatic nitrogens is 2. The highest BCUT2D eigenvalue weighted by Crippen LogP contribution is 2.37. The Labute approximate surface area is 169 Å². The SMILES string of the molecule is NC(=O)CN(Cc1ccncc1)C(c1ccncc1)c1ccc2c(c1)OCCO2. The second-order valence-corrected chi connectivity index (χ2v) is 6.81. The number of hydrogen-bond acceptors (Lipinski definition) is 6. The predicted molar refractivity (Wildman–Crippen MR) is 107 cm³/mol. The van der Waals surface area contributed by atoms with Crippen molar-refractivity contribution in [1.29, 1.82) is 0 Å². The van der Waals surface area contributed by atoms with Gasteiger partial charge in [0.15, 0.2) is 11.5 Å². The zero-order valence-electron chi connectivity index (χ0n) is 15.9. The van der Waals surface area contributed by atoms with Gasteiger partial charge in [-0.25, -0.2) is 0 Å². The zero-order valence-corrected chi connectivity index (χ0v) is 15.9. The number of pyridine rings is 2. The second-order valence-electron chi connectivity index (χ2n) is 6.81. The highest BCUT2D eigenvalue weighted by Gasteiger charge is 2.26. The zero-order chi connectivity index (χ0) is 20.1. The van der Waals surface area contributed by atoms with Gasteiger partial charge in [0.1, 0.15) is 13.2 Å². The molecule has 7 nitrogen and oxygen atoms in total. The van der Waals surface area contributed by atoms with Crippen LogP contribution in [0, 0.1) is 0 Å². The topological polar surface area (TPSA) is 90.6 Å². The fraction of sp³-hybridized carbons (Fsp3) is 0.227. The molecule has 1 amide bonds. The summed E-state index contributed by atoms with van der Waals surface area (Å²) in [6, 6.07) is 13.4. The number of hydrogen-bond donors (Lipinski definition) is 1. The molecular weight excluding hydrogens is 368 g/mol. The molecule has 0 aliphatic carbocycles. The summed E-state index contributed by atoms with van der Waals surface area (Å²) < 4.78 is 11.4. The summed E-state index contributed by atoms with van der Waals surface area (Å²) in [6.45, 7) is 1.69. The van der Waals surface area contributed by atoms with Crippen molar-refractivity contribution in [2.45, 2.75) is 12.6 Å². The van der Waals surface area contributed by atoms with Gasteiger partial charge in [0.25, 0.3) is 0 Å². The van der Waals surface area contributed by atoms with Crippen LogP contribution in [-0.4, -0.2) is 40.5 Å². The molecule has 7 heteroatoms. The van der Waals surface area contributed by atoms with Crippen LogP contribution in [0.15, 0.2) is 67.3 Å². The van der Waals surface area contributed by atoms with E-state index in [1.54, 1.807) is 24.8 Å². The van der Waals surface area contributed by atoms with E-state index in [4.69, 9.17) is 15.2 Å². The second kappa shape index (κ2) is 8.70. The Kier molecular flexibility index (Phi) is 5.67. The summed E-state index contributed by atoms with van der Waals surface area (Å²) in [5.41, 5.74) is 8.63. The Hall–Kier alpha value is -3.45. The lowest BCUT2D eigenvalue weighted by atomic mass is 9.96. The van der Waals surface area contributed by atoms with Crippen LogP contribution < -0.4 is 15.2 Å². The van der Waals surface area contributed by atoms with Crippen molar-refractivity contribution < 1.29 is 14.3 Å². The lowest BCUT2D eigenvalue weighted by Gasteiger charge is -2.32. The van der Waals surface area contributed by atoms with Crippen molar-refractivity contribution in [3.05, 3.63) is 83.9 Å². The molecule has 3 aromatic rings. The predicted octanol–water partition coefficient (Wildman–Crippen LogP) is 2.32. The first-order chi connectivity index (χ1) is 14.2. The average Bonchev–Trinajstić information content (AvgIpc) is 2.75. The number of carbonyl (C=O) groups excluding carboxylic acids is 1. The van der Waals surface area contributed by atoms with E-state index in [1.807, 2.05) is 47.4 Å². The summed E-state index contributed by atoms with van der Waals surface area (Å²) in [5.74, 6) is 1.04. The van der Waals surface area contributed by atoms with E-state index in [0.717, 1.165) is 22.4 Å². The molecule has 4 rings (SSSR count). The molecule has 1 aliphatic heterocycles. The molecule has 1 aliphatic rings. The smallest absolute Gasteiger partial charge is 0.231 e. The summed E-state index contributed by atoms with van der Waals surface area (Å²) >= 11 is 0. The van der Waals surface area contributed by atoms with Gasteiger partial charge in [0, 0.05) is 31.3 Å². The van der Waals surface area contributed by atoms with Gasteiger partial charge in [0.05, 0.1) is 12.6 Å². The Morgan fingerprint density at radius 3 is 2.28 bits per heavy atom. The summed E-state index contributed by atoms with van der Waals surface area (Å²) in [5, 5.41) is 0. The van der Waals surface area contributed by atoms with E-state index >= 15 is 0 Å². The quantitative estimate of drug-likeness (QED) is 0.666. The van der Waals surface area contributed by atoms with Crippen molar-refractivity contribution in [1.82, 2.24) is 14.9 Å². The highest BCUT2D eigenvalue weighted by atomic mass is 16.6. The van der Waals surface area contributed by atoms with E-state index in [-0.39, 0.29) is 12.6 Å². The van der Waals surface area contributed by atoms with Crippen molar-refractivity contribution in [2.24, 2.45) is 5.73 Å². The van der Waals surface area contributed by atoms with Crippen LogP contribution in [0.5, 0.6) is 11.5 Å². The Morgan fingerprint density at radius 1 is 0.931 bits per heavy atom. The maximum Gasteiger partial charge on any atom is 0.231 e. The van der Waals surface area contributed by atoms with Gasteiger partial charge in [-0.3, -0.25) is 19.7 Å². The van der Waals surface area contributed by atoms with Gasteiger partial charge >= 0.3 is 0 Å². The van der Waals surface area contributed by atoms with Gasteiger partial charge in [0.2, 0.25) is 5.91 Å². The first kappa shape index (κ1) is 18.9. The minimum absolute atomic E-state index is 0.101. The van der Waals surface area contributed by atoms with Crippen LogP contribution in [0.4, 0.5) is 0 Å². The molecule has 1 aromatic carbocycles. The van der Waals surface area contributed by atoms with E-state index in [2.05, 4.69) is 9.97 Å². The normalized spacial score (nSPS) is 13.8. The summed E-state index contributed by atoms with van der Waals surface area (Å²) in [6.07, 6.45) is 6.97. The van der Waals surface area contributed by atoms with Crippen molar-refractivity contribution in [3.63, 3.8) is 0 Å². The molecule has 0 radical (unpaired) electrons. The van der Waals surface area contributed by atoms with Gasteiger partial charge in [-0.1, -0.05) is 6.07 Å². The van der Waals surface area contributed by atoms with E-state index < -0.39 is 5.91 Å². The number of benzene rings is 1. The third-order valence-electron chi connectivity index (χ3n) is 4.76. The van der Waals surface area contributed by atoms with Gasteiger partial charge in [-0.2, -0.15) is 0 Å². The number of ether oxygens (including phenoxy) is 2. The van der Waals surface area contributed by atoms with Gasteiger partial charge in [-0.05, 0) is 53.1 Å². The summed E-state index contributed by atoms with van der Waals surface area (Å²) in [4.78, 5) is 22.2. The van der Waals surface area contributed by atoms with Gasteiger partial charge < -0.3 is 15.2 Å². The van der Waals surface area contributed by atoms with Crippen LogP contribution in [0.1, 0.15) is 22.7 Å². The number of nitrogens with zero attached hydrogens (tertiary/aromatic N) is 3. The number of carbonyl (C=O) groups is 1. The molecule has 2 N–H and O–H groups in total. The van der Waals surface area contributed by atoms with Crippen LogP contribution >= 0.6 is 0 Å². The Bertz CT molecular complexity index is 966. The number of rotatable bonds is 7. The van der Waals surface area contributed by atoms with Gasteiger partial charge in [-0.15, -0.1) is 0 Å².